The summed E-state index contributed by atoms with van der Waals surface area (Å²) < 4.78 is 0. The van der Waals surface area contributed by atoms with Gasteiger partial charge in [0.25, 0.3) is 5.69 Å². The summed E-state index contributed by atoms with van der Waals surface area (Å²) in [5.74, 6) is 0.220. The molecule has 2 aromatic rings. The van der Waals surface area contributed by atoms with Gasteiger partial charge in [0.05, 0.1) is 4.92 Å². The number of nitrogens with zero attached hydrogens (tertiary/aromatic N) is 1. The maximum atomic E-state index is 10.5. The molecule has 0 heterocycles. The van der Waals surface area contributed by atoms with Crippen LogP contribution in [0.4, 0.5) is 11.4 Å². The lowest BCUT2D eigenvalue weighted by Gasteiger charge is -2.06. The van der Waals surface area contributed by atoms with E-state index in [4.69, 9.17) is 0 Å². The third-order valence-electron chi connectivity index (χ3n) is 2.49. The second kappa shape index (κ2) is 5.18. The zero-order valence-electron chi connectivity index (χ0n) is 9.54. The molecule has 2 N–H and O–H groups in total. The van der Waals surface area contributed by atoms with E-state index in [2.05, 4.69) is 5.32 Å². The Morgan fingerprint density at radius 3 is 2.50 bits per heavy atom. The number of non-ortho nitro benzene ring substituents is 1. The lowest BCUT2D eigenvalue weighted by molar-refractivity contribution is -0.384. The van der Waals surface area contributed by atoms with Crippen LogP contribution < -0.4 is 5.32 Å². The molecule has 0 amide bonds. The first-order chi connectivity index (χ1) is 8.65. The van der Waals surface area contributed by atoms with Crippen LogP contribution in [0.1, 0.15) is 5.56 Å². The van der Waals surface area contributed by atoms with E-state index in [-0.39, 0.29) is 11.4 Å². The summed E-state index contributed by atoms with van der Waals surface area (Å²) in [5.41, 5.74) is 1.80. The predicted octanol–water partition coefficient (Wildman–Crippen LogP) is 2.91. The summed E-state index contributed by atoms with van der Waals surface area (Å²) in [6.07, 6.45) is 0. The van der Waals surface area contributed by atoms with Crippen LogP contribution in [0.15, 0.2) is 48.5 Å². The Hall–Kier alpha value is -2.56. The Labute approximate surface area is 104 Å². The first-order valence-electron chi connectivity index (χ1n) is 5.41. The molecule has 0 radical (unpaired) electrons. The molecule has 0 aliphatic carbocycles. The summed E-state index contributed by atoms with van der Waals surface area (Å²) >= 11 is 0. The molecule has 5 heteroatoms. The smallest absolute Gasteiger partial charge is 0.269 e. The van der Waals surface area contributed by atoms with Gasteiger partial charge in [-0.05, 0) is 29.8 Å². The molecular weight excluding hydrogens is 232 g/mol. The van der Waals surface area contributed by atoms with E-state index >= 15 is 0 Å². The van der Waals surface area contributed by atoms with E-state index in [1.54, 1.807) is 30.3 Å². The summed E-state index contributed by atoms with van der Waals surface area (Å²) in [4.78, 5) is 10.1. The highest BCUT2D eigenvalue weighted by molar-refractivity contribution is 5.49. The molecule has 0 aliphatic rings. The van der Waals surface area contributed by atoms with Gasteiger partial charge in [-0.2, -0.15) is 0 Å². The maximum absolute atomic E-state index is 10.5. The fraction of sp³-hybridized carbons (Fsp3) is 0.0769. The molecule has 0 aliphatic heterocycles. The van der Waals surface area contributed by atoms with Crippen LogP contribution in [-0.4, -0.2) is 10.0 Å². The van der Waals surface area contributed by atoms with Crippen LogP contribution in [0.25, 0.3) is 0 Å². The third kappa shape index (κ3) is 2.98. The molecule has 92 valence electrons. The molecule has 0 unspecified atom stereocenters. The fourth-order valence-electron chi connectivity index (χ4n) is 1.57. The number of benzene rings is 2. The predicted molar refractivity (Wildman–Crippen MR) is 68.5 cm³/mol. The van der Waals surface area contributed by atoms with Crippen molar-refractivity contribution in [2.75, 3.05) is 5.32 Å². The Morgan fingerprint density at radius 1 is 1.17 bits per heavy atom. The molecule has 18 heavy (non-hydrogen) atoms. The van der Waals surface area contributed by atoms with Gasteiger partial charge in [0.2, 0.25) is 0 Å². The van der Waals surface area contributed by atoms with E-state index in [0.29, 0.717) is 6.54 Å². The minimum absolute atomic E-state index is 0.0675. The average Bonchev–Trinajstić information content (AvgIpc) is 2.37. The molecule has 0 atom stereocenters. The van der Waals surface area contributed by atoms with Gasteiger partial charge in [-0.1, -0.05) is 12.1 Å². The van der Waals surface area contributed by atoms with Crippen LogP contribution in [-0.2, 0) is 6.54 Å². The second-order valence-corrected chi connectivity index (χ2v) is 3.83. The highest BCUT2D eigenvalue weighted by Gasteiger charge is 2.03. The van der Waals surface area contributed by atoms with Crippen molar-refractivity contribution in [1.29, 1.82) is 0 Å². The van der Waals surface area contributed by atoms with Gasteiger partial charge >= 0.3 is 0 Å². The topological polar surface area (TPSA) is 75.4 Å². The number of nitrogens with one attached hydrogen (secondary N) is 1. The van der Waals surface area contributed by atoms with Crippen LogP contribution in [0.5, 0.6) is 5.75 Å². The number of anilines is 1. The largest absolute Gasteiger partial charge is 0.508 e. The van der Waals surface area contributed by atoms with Gasteiger partial charge in [-0.25, -0.2) is 0 Å². The van der Waals surface area contributed by atoms with E-state index in [9.17, 15) is 15.2 Å². The van der Waals surface area contributed by atoms with Crippen molar-refractivity contribution in [3.05, 3.63) is 64.2 Å². The van der Waals surface area contributed by atoms with Crippen LogP contribution in [0, 0.1) is 10.1 Å². The summed E-state index contributed by atoms with van der Waals surface area (Å²) in [7, 11) is 0. The van der Waals surface area contributed by atoms with Gasteiger partial charge in [-0.15, -0.1) is 0 Å². The molecule has 2 rings (SSSR count). The average molecular weight is 244 g/mol. The first-order valence-corrected chi connectivity index (χ1v) is 5.41. The van der Waals surface area contributed by atoms with Crippen LogP contribution in [0.2, 0.25) is 0 Å². The SMILES string of the molecule is O=[N+]([O-])c1ccc(NCc2cccc(O)c2)cc1. The summed E-state index contributed by atoms with van der Waals surface area (Å²) in [6.45, 7) is 0.548. The first kappa shape index (κ1) is 11.9. The zero-order valence-corrected chi connectivity index (χ0v) is 9.54. The Balaban J connectivity index is 2.00. The minimum atomic E-state index is -0.432. The highest BCUT2D eigenvalue weighted by Crippen LogP contribution is 2.17. The van der Waals surface area contributed by atoms with E-state index in [0.717, 1.165) is 11.3 Å². The summed E-state index contributed by atoms with van der Waals surface area (Å²) in [6, 6.07) is 13.1. The van der Waals surface area contributed by atoms with Crippen molar-refractivity contribution < 1.29 is 10.0 Å². The molecule has 0 saturated carbocycles. The quantitative estimate of drug-likeness (QED) is 0.640. The van der Waals surface area contributed by atoms with Gasteiger partial charge in [0.15, 0.2) is 0 Å². The van der Waals surface area contributed by atoms with Crippen molar-refractivity contribution >= 4 is 11.4 Å². The number of nitro groups is 1. The number of rotatable bonds is 4. The van der Waals surface area contributed by atoms with Gasteiger partial charge in [0.1, 0.15) is 5.75 Å². The van der Waals surface area contributed by atoms with E-state index in [1.165, 1.54) is 12.1 Å². The molecule has 0 saturated heterocycles. The second-order valence-electron chi connectivity index (χ2n) is 3.83. The molecule has 0 fully saturated rings. The van der Waals surface area contributed by atoms with Crippen molar-refractivity contribution in [1.82, 2.24) is 0 Å². The normalized spacial score (nSPS) is 10.0. The molecule has 0 spiro atoms. The van der Waals surface area contributed by atoms with Crippen molar-refractivity contribution in [3.63, 3.8) is 0 Å². The number of nitro benzene ring substituents is 1. The Bertz CT molecular complexity index is 552. The lowest BCUT2D eigenvalue weighted by Crippen LogP contribution is -1.99. The monoisotopic (exact) mass is 244 g/mol. The van der Waals surface area contributed by atoms with E-state index in [1.807, 2.05) is 6.07 Å². The highest BCUT2D eigenvalue weighted by atomic mass is 16.6. The zero-order chi connectivity index (χ0) is 13.0. The van der Waals surface area contributed by atoms with Crippen LogP contribution >= 0.6 is 0 Å². The minimum Gasteiger partial charge on any atom is -0.508 e. The van der Waals surface area contributed by atoms with Gasteiger partial charge in [-0.3, -0.25) is 10.1 Å². The summed E-state index contributed by atoms with van der Waals surface area (Å²) in [5, 5.41) is 22.9. The van der Waals surface area contributed by atoms with Crippen molar-refractivity contribution in [2.45, 2.75) is 6.54 Å². The number of hydrogen-bond donors (Lipinski definition) is 2. The van der Waals surface area contributed by atoms with Crippen LogP contribution in [0.3, 0.4) is 0 Å². The van der Waals surface area contributed by atoms with E-state index < -0.39 is 4.92 Å². The lowest BCUT2D eigenvalue weighted by atomic mass is 10.2. The molecule has 0 aromatic heterocycles. The Kier molecular flexibility index (Phi) is 3.43. The third-order valence-corrected chi connectivity index (χ3v) is 2.49. The number of hydrogen-bond acceptors (Lipinski definition) is 4. The number of aromatic hydroxyl groups is 1. The maximum Gasteiger partial charge on any atom is 0.269 e. The molecular formula is C13H12N2O3. The molecule has 2 aromatic carbocycles. The molecule has 0 bridgehead atoms. The fourth-order valence-corrected chi connectivity index (χ4v) is 1.57. The van der Waals surface area contributed by atoms with Crippen molar-refractivity contribution in [2.24, 2.45) is 0 Å². The molecule has 5 nitrogen and oxygen atoms in total. The van der Waals surface area contributed by atoms with Crippen molar-refractivity contribution in [3.8, 4) is 5.75 Å². The van der Waals surface area contributed by atoms with Gasteiger partial charge in [0, 0.05) is 24.4 Å². The van der Waals surface area contributed by atoms with Gasteiger partial charge < -0.3 is 10.4 Å². The number of phenols is 1. The Morgan fingerprint density at radius 2 is 1.89 bits per heavy atom. The standard InChI is InChI=1S/C13H12N2O3/c16-13-3-1-2-10(8-13)9-14-11-4-6-12(7-5-11)15(17)18/h1-8,14,16H,9H2. The number of phenolic OH excluding ortho intramolecular Hbond substituents is 1.